The Morgan fingerprint density at radius 2 is 2.04 bits per heavy atom. The number of aromatic nitrogens is 5. The Kier molecular flexibility index (Phi) is 3.49. The van der Waals surface area contributed by atoms with Crippen LogP contribution in [0.2, 0.25) is 0 Å². The van der Waals surface area contributed by atoms with Gasteiger partial charge in [0.1, 0.15) is 5.82 Å². The summed E-state index contributed by atoms with van der Waals surface area (Å²) >= 11 is 0. The van der Waals surface area contributed by atoms with Crippen molar-refractivity contribution < 1.29 is 8.78 Å². The molecule has 0 N–H and O–H groups in total. The molecule has 0 bridgehead atoms. The zero-order valence-electron chi connectivity index (χ0n) is 14.7. The van der Waals surface area contributed by atoms with Gasteiger partial charge in [-0.25, -0.2) is 8.78 Å². The monoisotopic (exact) mass is 348 g/mol. The van der Waals surface area contributed by atoms with Crippen molar-refractivity contribution in [1.82, 2.24) is 24.5 Å². The summed E-state index contributed by atoms with van der Waals surface area (Å²) < 4.78 is 30.8. The predicted molar refractivity (Wildman–Crippen MR) is 89.7 cm³/mol. The topological polar surface area (TPSA) is 51.8 Å². The highest BCUT2D eigenvalue weighted by Crippen LogP contribution is 2.59. The Bertz CT molecular complexity index is 809. The van der Waals surface area contributed by atoms with E-state index in [9.17, 15) is 8.78 Å². The lowest BCUT2D eigenvalue weighted by atomic mass is 10.0. The first kappa shape index (κ1) is 16.2. The number of halogens is 2. The van der Waals surface area contributed by atoms with Crippen molar-refractivity contribution in [1.29, 1.82) is 0 Å². The van der Waals surface area contributed by atoms with Crippen molar-refractivity contribution in [2.24, 2.45) is 18.9 Å². The van der Waals surface area contributed by atoms with E-state index in [0.29, 0.717) is 25.6 Å². The van der Waals surface area contributed by atoms with Crippen LogP contribution in [0, 0.1) is 11.8 Å². The molecule has 0 aromatic carbocycles. The van der Waals surface area contributed by atoms with Crippen molar-refractivity contribution in [3.8, 4) is 0 Å². The molecule has 25 heavy (non-hydrogen) atoms. The third-order valence-electron chi connectivity index (χ3n) is 5.28. The van der Waals surface area contributed by atoms with E-state index < -0.39 is 17.8 Å². The quantitative estimate of drug-likeness (QED) is 0.779. The van der Waals surface area contributed by atoms with Crippen LogP contribution in [0.15, 0.2) is 24.5 Å². The molecule has 3 heterocycles. The largest absolute Gasteiger partial charge is 0.340 e. The lowest BCUT2D eigenvalue weighted by Gasteiger charge is -2.22. The molecule has 2 fully saturated rings. The van der Waals surface area contributed by atoms with Crippen molar-refractivity contribution in [3.63, 3.8) is 0 Å². The summed E-state index contributed by atoms with van der Waals surface area (Å²) in [6, 6.07) is 0. The number of fused-ring (bicyclic) bond motifs is 1. The van der Waals surface area contributed by atoms with E-state index >= 15 is 0 Å². The highest BCUT2D eigenvalue weighted by Gasteiger charge is 2.72. The van der Waals surface area contributed by atoms with Crippen molar-refractivity contribution in [3.05, 3.63) is 35.9 Å². The third kappa shape index (κ3) is 2.54. The van der Waals surface area contributed by atoms with E-state index in [1.165, 1.54) is 0 Å². The molecule has 134 valence electrons. The van der Waals surface area contributed by atoms with Gasteiger partial charge in [0.2, 0.25) is 5.95 Å². The molecule has 1 saturated heterocycles. The maximum Gasteiger partial charge on any atom is 0.258 e. The van der Waals surface area contributed by atoms with Crippen LogP contribution >= 0.6 is 0 Å². The molecule has 0 amide bonds. The van der Waals surface area contributed by atoms with Crippen molar-refractivity contribution >= 4 is 5.95 Å². The van der Waals surface area contributed by atoms with Crippen LogP contribution < -0.4 is 4.90 Å². The number of piperidine rings is 1. The fourth-order valence-electron chi connectivity index (χ4n) is 3.77. The van der Waals surface area contributed by atoms with E-state index in [4.69, 9.17) is 0 Å². The van der Waals surface area contributed by atoms with Gasteiger partial charge >= 0.3 is 0 Å². The Morgan fingerprint density at radius 3 is 2.60 bits per heavy atom. The number of aryl methyl sites for hydroxylation is 1. The molecule has 1 saturated carbocycles. The Morgan fingerprint density at radius 1 is 1.36 bits per heavy atom. The molecule has 1 aliphatic heterocycles. The molecule has 2 aliphatic rings. The first-order chi connectivity index (χ1) is 11.8. The molecule has 6 nitrogen and oxygen atoms in total. The van der Waals surface area contributed by atoms with Gasteiger partial charge in [-0.3, -0.25) is 9.25 Å². The van der Waals surface area contributed by atoms with E-state index in [1.807, 2.05) is 35.8 Å². The number of hydrogen-bond donors (Lipinski definition) is 0. The molecule has 8 heteroatoms. The van der Waals surface area contributed by atoms with Gasteiger partial charge in [0.25, 0.3) is 5.92 Å². The molecular weight excluding hydrogens is 326 g/mol. The van der Waals surface area contributed by atoms with Gasteiger partial charge in [-0.2, -0.15) is 5.10 Å². The fourth-order valence-corrected chi connectivity index (χ4v) is 3.77. The van der Waals surface area contributed by atoms with Gasteiger partial charge in [0, 0.05) is 44.4 Å². The summed E-state index contributed by atoms with van der Waals surface area (Å²) in [6.07, 6.45) is 3.77. The standard InChI is InChI=1S/C17H22F2N6/c1-10(2)6-25-15(11(3)12-5-20-23(4)7-12)21-22-16(25)24-8-13-14(9-24)17(13,18)19/h5,7,11,13-14H,1,6,8-9H2,2-4H3. The SMILES string of the molecule is C=C(C)Cn1c(C(C)c2cnn(C)c2)nnc1N1CC2C(C1)C2(F)F. The summed E-state index contributed by atoms with van der Waals surface area (Å²) in [7, 11) is 1.87. The Labute approximate surface area is 145 Å². The zero-order valence-corrected chi connectivity index (χ0v) is 14.7. The Balaban J connectivity index is 1.64. The van der Waals surface area contributed by atoms with Crippen molar-refractivity contribution in [2.75, 3.05) is 18.0 Å². The zero-order chi connectivity index (χ0) is 17.9. The van der Waals surface area contributed by atoms with Gasteiger partial charge in [-0.05, 0) is 6.92 Å². The minimum absolute atomic E-state index is 0.00729. The van der Waals surface area contributed by atoms with E-state index in [1.54, 1.807) is 4.68 Å². The van der Waals surface area contributed by atoms with Gasteiger partial charge < -0.3 is 4.90 Å². The third-order valence-corrected chi connectivity index (χ3v) is 5.28. The van der Waals surface area contributed by atoms with Crippen LogP contribution in [-0.4, -0.2) is 43.6 Å². The molecule has 0 radical (unpaired) electrons. The summed E-state index contributed by atoms with van der Waals surface area (Å²) in [5.74, 6) is -2.10. The summed E-state index contributed by atoms with van der Waals surface area (Å²) in [5, 5.41) is 12.9. The summed E-state index contributed by atoms with van der Waals surface area (Å²) in [5.41, 5.74) is 2.01. The Hall–Kier alpha value is -2.25. The molecule has 3 unspecified atom stereocenters. The summed E-state index contributed by atoms with van der Waals surface area (Å²) in [6.45, 7) is 9.24. The average Bonchev–Trinajstić information content (AvgIpc) is 3.06. The second-order valence-electron chi connectivity index (χ2n) is 7.36. The van der Waals surface area contributed by atoms with Crippen LogP contribution in [0.3, 0.4) is 0 Å². The average molecular weight is 348 g/mol. The molecule has 1 aliphatic carbocycles. The van der Waals surface area contributed by atoms with Crippen LogP contribution in [0.25, 0.3) is 0 Å². The van der Waals surface area contributed by atoms with Crippen LogP contribution in [0.4, 0.5) is 14.7 Å². The first-order valence-electron chi connectivity index (χ1n) is 8.47. The van der Waals surface area contributed by atoms with Gasteiger partial charge in [-0.1, -0.05) is 19.1 Å². The van der Waals surface area contributed by atoms with E-state index in [0.717, 1.165) is 17.0 Å². The van der Waals surface area contributed by atoms with Crippen LogP contribution in [-0.2, 0) is 13.6 Å². The number of allylic oxidation sites excluding steroid dienone is 1. The fraction of sp³-hybridized carbons (Fsp3) is 0.588. The second kappa shape index (κ2) is 5.37. The van der Waals surface area contributed by atoms with Crippen LogP contribution in [0.1, 0.15) is 31.2 Å². The minimum Gasteiger partial charge on any atom is -0.340 e. The number of anilines is 1. The lowest BCUT2D eigenvalue weighted by Crippen LogP contribution is -2.30. The van der Waals surface area contributed by atoms with E-state index in [2.05, 4.69) is 28.8 Å². The molecule has 3 atom stereocenters. The number of rotatable bonds is 5. The minimum atomic E-state index is -2.50. The maximum atomic E-state index is 13.5. The maximum absolute atomic E-state index is 13.5. The van der Waals surface area contributed by atoms with Crippen LogP contribution in [0.5, 0.6) is 0 Å². The van der Waals surface area contributed by atoms with Gasteiger partial charge in [0.15, 0.2) is 0 Å². The number of alkyl halides is 2. The first-order valence-corrected chi connectivity index (χ1v) is 8.47. The number of nitrogens with zero attached hydrogens (tertiary/aromatic N) is 6. The molecule has 0 spiro atoms. The highest BCUT2D eigenvalue weighted by atomic mass is 19.3. The molecule has 2 aromatic rings. The molecule has 2 aromatic heterocycles. The number of hydrogen-bond acceptors (Lipinski definition) is 4. The summed E-state index contributed by atoms with van der Waals surface area (Å²) in [4.78, 5) is 1.93. The molecule has 4 rings (SSSR count). The van der Waals surface area contributed by atoms with Gasteiger partial charge in [0.05, 0.1) is 18.0 Å². The normalized spacial score (nSPS) is 25.1. The van der Waals surface area contributed by atoms with Crippen molar-refractivity contribution in [2.45, 2.75) is 32.2 Å². The lowest BCUT2D eigenvalue weighted by molar-refractivity contribution is 0.0795. The van der Waals surface area contributed by atoms with E-state index in [-0.39, 0.29) is 5.92 Å². The smallest absolute Gasteiger partial charge is 0.258 e. The predicted octanol–water partition coefficient (Wildman–Crippen LogP) is 2.44. The second-order valence-corrected chi connectivity index (χ2v) is 7.36. The highest BCUT2D eigenvalue weighted by molar-refractivity contribution is 5.40. The molecular formula is C17H22F2N6. The van der Waals surface area contributed by atoms with Gasteiger partial charge in [-0.15, -0.1) is 10.2 Å².